The minimum atomic E-state index is -0.870. The van der Waals surface area contributed by atoms with Gasteiger partial charge >= 0.3 is 0 Å². The standard InChI is InChI=1S/C36H43N9O3/c1-3-38-33(47)24-10-12-28-22(14-24)8-9-23-15-25(34(48)39-4-2)11-13-29(23)36(28,35-41-43-44-42-35)18-30(21-6-5-7-21)40-20-32(46)45-27(19-37)16-26-17-31(26)45/h10-15,21,26-27,30-31,40H,3-9,16-18,20H2,1-2H3,(H,38,47)(H,39,48)(H,41,42,43,44)/t26-,27+,30+,31+/m1/s1. The van der Waals surface area contributed by atoms with Crippen molar-refractivity contribution in [2.24, 2.45) is 11.8 Å². The zero-order chi connectivity index (χ0) is 33.4. The summed E-state index contributed by atoms with van der Waals surface area (Å²) in [5.41, 5.74) is 4.34. The molecule has 2 saturated carbocycles. The molecule has 2 aromatic carbocycles. The highest BCUT2D eigenvalue weighted by Gasteiger charge is 2.54. The fourth-order valence-corrected chi connectivity index (χ4v) is 8.39. The van der Waals surface area contributed by atoms with E-state index in [1.54, 1.807) is 0 Å². The number of fused-ring (bicyclic) bond motifs is 3. The lowest BCUT2D eigenvalue weighted by Gasteiger charge is -2.42. The largest absolute Gasteiger partial charge is 0.352 e. The summed E-state index contributed by atoms with van der Waals surface area (Å²) < 4.78 is 0. The van der Waals surface area contributed by atoms with Gasteiger partial charge in [0, 0.05) is 36.3 Å². The van der Waals surface area contributed by atoms with Crippen molar-refractivity contribution < 1.29 is 14.4 Å². The smallest absolute Gasteiger partial charge is 0.251 e. The first-order valence-corrected chi connectivity index (χ1v) is 17.4. The molecular weight excluding hydrogens is 606 g/mol. The van der Waals surface area contributed by atoms with Crippen LogP contribution < -0.4 is 16.0 Å². The van der Waals surface area contributed by atoms with Crippen molar-refractivity contribution >= 4 is 17.7 Å². The van der Waals surface area contributed by atoms with Crippen LogP contribution in [0.1, 0.15) is 101 Å². The number of hydrogen-bond acceptors (Lipinski definition) is 8. The average molecular weight is 650 g/mol. The van der Waals surface area contributed by atoms with Crippen LogP contribution in [-0.4, -0.2) is 81.0 Å². The zero-order valence-electron chi connectivity index (χ0n) is 27.6. The highest BCUT2D eigenvalue weighted by molar-refractivity contribution is 5.95. The molecule has 12 nitrogen and oxygen atoms in total. The SMILES string of the molecule is CCNC(=O)c1ccc2c(c1)CCc1cc(C(=O)NCC)ccc1C2(C[C@H](NCC(=O)N1[C@H](C#N)C[C@@H]2C[C@@H]21)C1CCC1)c1nnn[nH]1. The third-order valence-corrected chi connectivity index (χ3v) is 11.0. The lowest BCUT2D eigenvalue weighted by Crippen LogP contribution is -2.50. The van der Waals surface area contributed by atoms with E-state index < -0.39 is 5.41 Å². The van der Waals surface area contributed by atoms with Crippen LogP contribution in [-0.2, 0) is 23.1 Å². The van der Waals surface area contributed by atoms with Gasteiger partial charge < -0.3 is 20.9 Å². The van der Waals surface area contributed by atoms with E-state index in [1.165, 1.54) is 0 Å². The number of rotatable bonds is 11. The van der Waals surface area contributed by atoms with E-state index in [0.29, 0.717) is 61.1 Å². The van der Waals surface area contributed by atoms with E-state index in [4.69, 9.17) is 0 Å². The number of aromatic nitrogens is 4. The molecule has 1 aliphatic heterocycles. The van der Waals surface area contributed by atoms with Crippen molar-refractivity contribution in [2.75, 3.05) is 19.6 Å². The van der Waals surface area contributed by atoms with Crippen LogP contribution >= 0.6 is 0 Å². The van der Waals surface area contributed by atoms with Gasteiger partial charge in [-0.2, -0.15) is 5.26 Å². The second-order valence-electron chi connectivity index (χ2n) is 13.7. The normalized spacial score (nSPS) is 22.6. The molecule has 4 aliphatic rings. The number of hydrogen-bond donors (Lipinski definition) is 4. The summed E-state index contributed by atoms with van der Waals surface area (Å²) in [6, 6.07) is 13.9. The number of nitriles is 1. The summed E-state index contributed by atoms with van der Waals surface area (Å²) in [5, 5.41) is 35.0. The second-order valence-corrected chi connectivity index (χ2v) is 13.7. The molecule has 12 heteroatoms. The number of carbonyl (C=O) groups excluding carboxylic acids is 3. The molecule has 1 saturated heterocycles. The van der Waals surface area contributed by atoms with E-state index in [1.807, 2.05) is 55.1 Å². The molecule has 4 atom stereocenters. The number of benzene rings is 2. The molecular formula is C36H43N9O3. The monoisotopic (exact) mass is 649 g/mol. The summed E-state index contributed by atoms with van der Waals surface area (Å²) >= 11 is 0. The van der Waals surface area contributed by atoms with Gasteiger partial charge in [0.2, 0.25) is 5.91 Å². The van der Waals surface area contributed by atoms with Crippen molar-refractivity contribution in [3.8, 4) is 6.07 Å². The van der Waals surface area contributed by atoms with Crippen LogP contribution in [0.15, 0.2) is 36.4 Å². The quantitative estimate of drug-likeness (QED) is 0.246. The van der Waals surface area contributed by atoms with Gasteiger partial charge in [-0.1, -0.05) is 18.6 Å². The fraction of sp³-hybridized carbons (Fsp3) is 0.528. The van der Waals surface area contributed by atoms with Gasteiger partial charge in [-0.25, -0.2) is 5.10 Å². The molecule has 3 fully saturated rings. The molecule has 3 amide bonds. The summed E-state index contributed by atoms with van der Waals surface area (Å²) in [6.45, 7) is 5.01. The number of nitrogens with one attached hydrogen (secondary N) is 4. The zero-order valence-corrected chi connectivity index (χ0v) is 27.6. The van der Waals surface area contributed by atoms with Gasteiger partial charge in [-0.05, 0) is 128 Å². The lowest BCUT2D eigenvalue weighted by atomic mass is 9.64. The van der Waals surface area contributed by atoms with E-state index in [2.05, 4.69) is 42.6 Å². The number of tetrazole rings is 1. The molecule has 0 bridgehead atoms. The Balaban J connectivity index is 1.32. The van der Waals surface area contributed by atoms with Crippen LogP contribution in [0.5, 0.6) is 0 Å². The van der Waals surface area contributed by atoms with Gasteiger partial charge in [0.15, 0.2) is 5.82 Å². The predicted molar refractivity (Wildman–Crippen MR) is 177 cm³/mol. The van der Waals surface area contributed by atoms with Crippen LogP contribution in [0.3, 0.4) is 0 Å². The highest BCUT2D eigenvalue weighted by Crippen LogP contribution is 2.50. The van der Waals surface area contributed by atoms with E-state index in [-0.39, 0.29) is 42.4 Å². The molecule has 4 N–H and O–H groups in total. The van der Waals surface area contributed by atoms with Crippen molar-refractivity contribution in [3.05, 3.63) is 75.6 Å². The van der Waals surface area contributed by atoms with Crippen LogP contribution in [0.25, 0.3) is 0 Å². The summed E-state index contributed by atoms with van der Waals surface area (Å²) in [4.78, 5) is 41.4. The summed E-state index contributed by atoms with van der Waals surface area (Å²) in [6.07, 6.45) is 6.83. The Bertz CT molecular complexity index is 1680. The first kappa shape index (κ1) is 31.9. The van der Waals surface area contributed by atoms with Gasteiger partial charge in [0.1, 0.15) is 6.04 Å². The first-order valence-electron chi connectivity index (χ1n) is 17.4. The number of nitrogens with zero attached hydrogens (tertiary/aromatic N) is 5. The van der Waals surface area contributed by atoms with Crippen LogP contribution in [0.4, 0.5) is 0 Å². The minimum absolute atomic E-state index is 0.0221. The predicted octanol–water partition coefficient (Wildman–Crippen LogP) is 2.79. The van der Waals surface area contributed by atoms with Gasteiger partial charge in [0.05, 0.1) is 18.0 Å². The average Bonchev–Trinajstić information content (AvgIpc) is 3.45. The molecule has 2 heterocycles. The number of aryl methyl sites for hydroxylation is 2. The van der Waals surface area contributed by atoms with Crippen molar-refractivity contribution in [2.45, 2.75) is 88.8 Å². The third-order valence-electron chi connectivity index (χ3n) is 11.0. The molecule has 1 aromatic heterocycles. The van der Waals surface area contributed by atoms with Gasteiger partial charge in [0.25, 0.3) is 11.8 Å². The van der Waals surface area contributed by atoms with Crippen LogP contribution in [0.2, 0.25) is 0 Å². The summed E-state index contributed by atoms with van der Waals surface area (Å²) in [5.74, 6) is 1.09. The first-order chi connectivity index (χ1) is 23.4. The molecule has 7 rings (SSSR count). The third kappa shape index (κ3) is 5.64. The Hall–Kier alpha value is -4.63. The van der Waals surface area contributed by atoms with E-state index in [9.17, 15) is 19.6 Å². The molecule has 3 aromatic rings. The van der Waals surface area contributed by atoms with Crippen molar-refractivity contribution in [1.29, 1.82) is 5.26 Å². The van der Waals surface area contributed by atoms with Crippen LogP contribution in [0, 0.1) is 23.2 Å². The Kier molecular flexibility index (Phi) is 8.73. The molecule has 0 radical (unpaired) electrons. The Labute approximate surface area is 280 Å². The van der Waals surface area contributed by atoms with Gasteiger partial charge in [-0.15, -0.1) is 5.10 Å². The van der Waals surface area contributed by atoms with Gasteiger partial charge in [-0.3, -0.25) is 14.4 Å². The fourth-order valence-electron chi connectivity index (χ4n) is 8.39. The Morgan fingerprint density at radius 2 is 1.65 bits per heavy atom. The number of piperidine rings is 1. The summed E-state index contributed by atoms with van der Waals surface area (Å²) in [7, 11) is 0. The molecule has 48 heavy (non-hydrogen) atoms. The topological polar surface area (TPSA) is 169 Å². The molecule has 0 spiro atoms. The minimum Gasteiger partial charge on any atom is -0.352 e. The maximum absolute atomic E-state index is 13.6. The van der Waals surface area contributed by atoms with E-state index in [0.717, 1.165) is 54.4 Å². The molecule has 0 unspecified atom stereocenters. The Morgan fingerprint density at radius 3 is 2.17 bits per heavy atom. The lowest BCUT2D eigenvalue weighted by molar-refractivity contribution is -0.131. The second kappa shape index (κ2) is 13.1. The van der Waals surface area contributed by atoms with Crippen molar-refractivity contribution in [1.82, 2.24) is 41.5 Å². The maximum Gasteiger partial charge on any atom is 0.251 e. The van der Waals surface area contributed by atoms with Crippen molar-refractivity contribution in [3.63, 3.8) is 0 Å². The van der Waals surface area contributed by atoms with E-state index >= 15 is 0 Å². The molecule has 3 aliphatic carbocycles. The number of carbonyl (C=O) groups is 3. The number of aromatic amines is 1. The number of H-pyrrole nitrogens is 1. The maximum atomic E-state index is 13.6. The Morgan fingerprint density at radius 1 is 1.00 bits per heavy atom. The number of amides is 3. The molecule has 250 valence electrons. The highest BCUT2D eigenvalue weighted by atomic mass is 16.2. The number of likely N-dealkylation sites (tertiary alicyclic amines) is 1.